The molecule has 0 spiro atoms. The van der Waals surface area contributed by atoms with Crippen LogP contribution in [0.5, 0.6) is 11.5 Å². The molecule has 2 N–H and O–H groups in total. The van der Waals surface area contributed by atoms with Crippen LogP contribution in [0.1, 0.15) is 33.6 Å². The Morgan fingerprint density at radius 1 is 1.03 bits per heavy atom. The van der Waals surface area contributed by atoms with Crippen molar-refractivity contribution in [2.45, 2.75) is 33.6 Å². The van der Waals surface area contributed by atoms with E-state index in [4.69, 9.17) is 14.5 Å². The second kappa shape index (κ2) is 15.5. The van der Waals surface area contributed by atoms with E-state index in [0.717, 1.165) is 42.7 Å². The van der Waals surface area contributed by atoms with E-state index in [1.807, 2.05) is 25.1 Å². The van der Waals surface area contributed by atoms with Gasteiger partial charge in [-0.25, -0.2) is 0 Å². The minimum Gasteiger partial charge on any atom is -0.493 e. The largest absolute Gasteiger partial charge is 0.493 e. The Kier molecular flexibility index (Phi) is 13.9. The number of aliphatic imine (C=N–C) groups is 1. The Hall–Kier alpha value is -1.26. The highest BCUT2D eigenvalue weighted by molar-refractivity contribution is 14.0. The third kappa shape index (κ3) is 9.26. The summed E-state index contributed by atoms with van der Waals surface area (Å²) in [5.74, 6) is 2.27. The molecular weight excluding hydrogens is 493 g/mol. The van der Waals surface area contributed by atoms with Gasteiger partial charge in [0.2, 0.25) is 0 Å². The first-order chi connectivity index (χ1) is 14.2. The number of unbranched alkanes of at least 4 members (excludes halogenated alkanes) is 1. The van der Waals surface area contributed by atoms with E-state index in [9.17, 15) is 0 Å². The number of halogens is 1. The number of anilines is 1. The molecule has 0 unspecified atom stereocenters. The minimum absolute atomic E-state index is 0. The first kappa shape index (κ1) is 26.8. The quantitative estimate of drug-likeness (QED) is 0.197. The SMILES string of the molecule is CCNC(=NCCCCN1CCN(CC)CC1)Nc1ccc(OC)c(OCC)c1.I. The molecule has 0 saturated carbocycles. The Bertz CT molecular complexity index is 622. The number of piperazine rings is 1. The molecule has 0 aliphatic carbocycles. The maximum absolute atomic E-state index is 5.66. The summed E-state index contributed by atoms with van der Waals surface area (Å²) in [5.41, 5.74) is 0.933. The first-order valence-corrected chi connectivity index (χ1v) is 11.0. The Morgan fingerprint density at radius 2 is 1.77 bits per heavy atom. The van der Waals surface area contributed by atoms with Crippen molar-refractivity contribution in [3.63, 3.8) is 0 Å². The van der Waals surface area contributed by atoms with Crippen molar-refractivity contribution in [2.24, 2.45) is 4.99 Å². The number of nitrogens with zero attached hydrogens (tertiary/aromatic N) is 3. The van der Waals surface area contributed by atoms with Crippen molar-refractivity contribution >= 4 is 35.6 Å². The Morgan fingerprint density at radius 3 is 2.40 bits per heavy atom. The van der Waals surface area contributed by atoms with Gasteiger partial charge in [-0.1, -0.05) is 6.92 Å². The summed E-state index contributed by atoms with van der Waals surface area (Å²) < 4.78 is 11.0. The van der Waals surface area contributed by atoms with Crippen LogP contribution in [0.15, 0.2) is 23.2 Å². The summed E-state index contributed by atoms with van der Waals surface area (Å²) in [7, 11) is 1.65. The maximum Gasteiger partial charge on any atom is 0.195 e. The van der Waals surface area contributed by atoms with Crippen LogP contribution < -0.4 is 20.1 Å². The van der Waals surface area contributed by atoms with Crippen LogP contribution in [0.25, 0.3) is 0 Å². The topological polar surface area (TPSA) is 61.4 Å². The van der Waals surface area contributed by atoms with Crippen LogP contribution >= 0.6 is 24.0 Å². The van der Waals surface area contributed by atoms with Crippen LogP contribution in [0.4, 0.5) is 5.69 Å². The van der Waals surface area contributed by atoms with Gasteiger partial charge in [0.15, 0.2) is 17.5 Å². The van der Waals surface area contributed by atoms with Gasteiger partial charge >= 0.3 is 0 Å². The summed E-state index contributed by atoms with van der Waals surface area (Å²) in [5, 5.41) is 6.68. The van der Waals surface area contributed by atoms with Gasteiger partial charge in [0.25, 0.3) is 0 Å². The van der Waals surface area contributed by atoms with Gasteiger partial charge in [0.05, 0.1) is 13.7 Å². The predicted octanol–water partition coefficient (Wildman–Crippen LogP) is 3.51. The number of nitrogens with one attached hydrogen (secondary N) is 2. The summed E-state index contributed by atoms with van der Waals surface area (Å²) in [4.78, 5) is 9.83. The lowest BCUT2D eigenvalue weighted by molar-refractivity contribution is 0.136. The molecule has 1 saturated heterocycles. The number of likely N-dealkylation sites (N-methyl/N-ethyl adjacent to an activating group) is 1. The van der Waals surface area contributed by atoms with Crippen molar-refractivity contribution in [1.29, 1.82) is 0 Å². The van der Waals surface area contributed by atoms with Gasteiger partial charge in [0, 0.05) is 51.0 Å². The van der Waals surface area contributed by atoms with Crippen LogP contribution in [0.2, 0.25) is 0 Å². The first-order valence-electron chi connectivity index (χ1n) is 11.0. The zero-order valence-corrected chi connectivity index (χ0v) is 21.4. The lowest BCUT2D eigenvalue weighted by Crippen LogP contribution is -2.46. The van der Waals surface area contributed by atoms with Gasteiger partial charge in [-0.05, 0) is 51.9 Å². The molecule has 2 rings (SSSR count). The summed E-state index contributed by atoms with van der Waals surface area (Å²) in [6, 6.07) is 5.84. The smallest absolute Gasteiger partial charge is 0.195 e. The molecule has 7 nitrogen and oxygen atoms in total. The minimum atomic E-state index is 0. The molecule has 172 valence electrons. The van der Waals surface area contributed by atoms with Crippen LogP contribution in [0, 0.1) is 0 Å². The fraction of sp³-hybridized carbons (Fsp3) is 0.682. The monoisotopic (exact) mass is 533 g/mol. The molecule has 0 bridgehead atoms. The summed E-state index contributed by atoms with van der Waals surface area (Å²) in [6.45, 7) is 15.7. The molecule has 30 heavy (non-hydrogen) atoms. The van der Waals surface area contributed by atoms with E-state index in [-0.39, 0.29) is 24.0 Å². The Balaban J connectivity index is 0.00000450. The molecule has 1 heterocycles. The maximum atomic E-state index is 5.66. The molecule has 0 aromatic heterocycles. The molecule has 0 radical (unpaired) electrons. The molecule has 0 amide bonds. The zero-order valence-electron chi connectivity index (χ0n) is 19.1. The molecule has 8 heteroatoms. The van der Waals surface area contributed by atoms with E-state index in [1.54, 1.807) is 7.11 Å². The lowest BCUT2D eigenvalue weighted by atomic mass is 10.2. The van der Waals surface area contributed by atoms with Crippen LogP contribution in [-0.2, 0) is 0 Å². The second-order valence-corrected chi connectivity index (χ2v) is 7.17. The highest BCUT2D eigenvalue weighted by Gasteiger charge is 2.14. The number of methoxy groups -OCH3 is 1. The van der Waals surface area contributed by atoms with Gasteiger partial charge in [-0.15, -0.1) is 24.0 Å². The normalized spacial score (nSPS) is 15.4. The fourth-order valence-electron chi connectivity index (χ4n) is 3.43. The molecule has 1 aromatic carbocycles. The number of rotatable bonds is 11. The average Bonchev–Trinajstić information content (AvgIpc) is 2.74. The molecule has 1 aromatic rings. The summed E-state index contributed by atoms with van der Waals surface area (Å²) in [6.07, 6.45) is 2.28. The number of hydrogen-bond acceptors (Lipinski definition) is 5. The zero-order chi connectivity index (χ0) is 20.9. The molecule has 1 aliphatic heterocycles. The predicted molar refractivity (Wildman–Crippen MR) is 137 cm³/mol. The van der Waals surface area contributed by atoms with E-state index >= 15 is 0 Å². The standard InChI is InChI=1S/C22H39N5O2.HI/c1-5-23-22(25-19-10-11-20(28-4)21(18-19)29-7-3)24-12-8-9-13-27-16-14-26(6-2)15-17-27;/h10-11,18H,5-9,12-17H2,1-4H3,(H2,23,24,25);1H. The Labute approximate surface area is 199 Å². The van der Waals surface area contributed by atoms with Crippen LogP contribution in [-0.4, -0.2) is 81.8 Å². The third-order valence-corrected chi connectivity index (χ3v) is 5.13. The van der Waals surface area contributed by atoms with E-state index < -0.39 is 0 Å². The number of ether oxygens (including phenoxy) is 2. The van der Waals surface area contributed by atoms with E-state index in [2.05, 4.69) is 34.3 Å². The fourth-order valence-corrected chi connectivity index (χ4v) is 3.43. The highest BCUT2D eigenvalue weighted by Crippen LogP contribution is 2.30. The van der Waals surface area contributed by atoms with E-state index in [1.165, 1.54) is 45.7 Å². The average molecular weight is 533 g/mol. The summed E-state index contributed by atoms with van der Waals surface area (Å²) >= 11 is 0. The van der Waals surface area contributed by atoms with Crippen molar-refractivity contribution in [3.8, 4) is 11.5 Å². The van der Waals surface area contributed by atoms with Gasteiger partial charge in [-0.3, -0.25) is 4.99 Å². The van der Waals surface area contributed by atoms with Gasteiger partial charge in [0.1, 0.15) is 0 Å². The highest BCUT2D eigenvalue weighted by atomic mass is 127. The number of benzene rings is 1. The number of guanidine groups is 1. The lowest BCUT2D eigenvalue weighted by Gasteiger charge is -2.33. The van der Waals surface area contributed by atoms with Crippen molar-refractivity contribution < 1.29 is 9.47 Å². The molecule has 1 aliphatic rings. The number of hydrogen-bond donors (Lipinski definition) is 2. The third-order valence-electron chi connectivity index (χ3n) is 5.13. The van der Waals surface area contributed by atoms with Gasteiger partial charge in [-0.2, -0.15) is 0 Å². The second-order valence-electron chi connectivity index (χ2n) is 7.17. The molecule has 0 atom stereocenters. The van der Waals surface area contributed by atoms with Crippen molar-refractivity contribution in [2.75, 3.05) is 71.4 Å². The van der Waals surface area contributed by atoms with Crippen molar-refractivity contribution in [1.82, 2.24) is 15.1 Å². The molecule has 1 fully saturated rings. The van der Waals surface area contributed by atoms with Crippen molar-refractivity contribution in [3.05, 3.63) is 18.2 Å². The van der Waals surface area contributed by atoms with E-state index in [0.29, 0.717) is 6.61 Å². The van der Waals surface area contributed by atoms with Crippen LogP contribution in [0.3, 0.4) is 0 Å². The van der Waals surface area contributed by atoms with Gasteiger partial charge < -0.3 is 29.9 Å². The molecular formula is C22H40IN5O2.